The predicted molar refractivity (Wildman–Crippen MR) is 0 cm³/mol. The topological polar surface area (TPSA) is 0 Å². The zero-order chi connectivity index (χ0) is 0. The molecule has 0 amide bonds. The van der Waals surface area contributed by atoms with Gasteiger partial charge in [-0.2, -0.15) is 0 Å². The van der Waals surface area contributed by atoms with Crippen molar-refractivity contribution < 1.29 is 183 Å². The van der Waals surface area contributed by atoms with Crippen molar-refractivity contribution in [1.29, 1.82) is 0 Å². The van der Waals surface area contributed by atoms with E-state index in [9.17, 15) is 0 Å². The second-order valence-electron chi connectivity index (χ2n) is 0. The molecule has 0 spiro atoms. The molecule has 0 aromatic carbocycles. The molecule has 0 rings (SSSR count). The first-order valence-corrected chi connectivity index (χ1v) is 0. The summed E-state index contributed by atoms with van der Waals surface area (Å²) < 4.78 is 0. The smallest absolute Gasteiger partial charge is 0 e. The molecule has 0 aliphatic rings. The third-order valence-corrected chi connectivity index (χ3v) is 0. The Kier molecular flexibility index (Phi) is 291. The van der Waals surface area contributed by atoms with Crippen molar-refractivity contribution in [2.24, 2.45) is 0 Å². The molecular weight excluding hydrogens is 639 g/mol. The second-order valence-corrected chi connectivity index (χ2v) is 0. The summed E-state index contributed by atoms with van der Waals surface area (Å²) in [6.45, 7) is 0. The Labute approximate surface area is 178 Å². The monoisotopic (exact) mass is 629 g/mol. The van der Waals surface area contributed by atoms with E-state index in [0.717, 1.165) is 0 Å². The molecule has 0 N–H and O–H groups in total. The molecular formula is Zr7. The van der Waals surface area contributed by atoms with Gasteiger partial charge in [0.1, 0.15) is 0 Å². The van der Waals surface area contributed by atoms with E-state index in [-0.39, 0.29) is 183 Å². The molecule has 7 heavy (non-hydrogen) atoms. The van der Waals surface area contributed by atoms with Gasteiger partial charge in [0.15, 0.2) is 0 Å². The number of rotatable bonds is 0. The van der Waals surface area contributed by atoms with Gasteiger partial charge < -0.3 is 0 Å². The molecule has 0 bridgehead atoms. The largest absolute Gasteiger partial charge is 0 e. The SMILES string of the molecule is [Zr].[Zr].[Zr].[Zr].[Zr].[Zr].[Zr]. The fourth-order valence-corrected chi connectivity index (χ4v) is 0. The summed E-state index contributed by atoms with van der Waals surface area (Å²) in [4.78, 5) is 0. The molecule has 0 atom stereocenters. The predicted octanol–water partition coefficient (Wildman–Crippen LogP) is -0.0175. The molecule has 0 fully saturated rings. The minimum absolute atomic E-state index is 0. The van der Waals surface area contributed by atoms with Gasteiger partial charge >= 0.3 is 0 Å². The summed E-state index contributed by atoms with van der Waals surface area (Å²) >= 11 is 0. The van der Waals surface area contributed by atoms with Gasteiger partial charge in [0.25, 0.3) is 0 Å². The van der Waals surface area contributed by atoms with Gasteiger partial charge in [-0.05, 0) is 0 Å². The van der Waals surface area contributed by atoms with E-state index in [1.165, 1.54) is 0 Å². The van der Waals surface area contributed by atoms with Crippen LogP contribution in [0.3, 0.4) is 0 Å². The fraction of sp³-hybridized carbons (Fsp3) is 0. The van der Waals surface area contributed by atoms with Crippen molar-refractivity contribution >= 4 is 0 Å². The molecule has 28 valence electrons. The maximum absolute atomic E-state index is 0. The van der Waals surface area contributed by atoms with Crippen molar-refractivity contribution in [3.8, 4) is 0 Å². The maximum atomic E-state index is 0. The van der Waals surface area contributed by atoms with E-state index in [1.54, 1.807) is 0 Å². The zero-order valence-corrected chi connectivity index (χ0v) is 20.7. The molecule has 7 heteroatoms. The van der Waals surface area contributed by atoms with Crippen LogP contribution in [0, 0.1) is 0 Å². The van der Waals surface area contributed by atoms with Gasteiger partial charge in [0, 0.05) is 183 Å². The molecule has 0 saturated heterocycles. The van der Waals surface area contributed by atoms with E-state index in [4.69, 9.17) is 0 Å². The zero-order valence-electron chi connectivity index (χ0n) is 3.50. The fourth-order valence-electron chi connectivity index (χ4n) is 0. The normalized spacial score (nSPS) is 0. The van der Waals surface area contributed by atoms with Crippen LogP contribution in [-0.2, 0) is 183 Å². The molecule has 0 aromatic rings. The van der Waals surface area contributed by atoms with Gasteiger partial charge in [-0.1, -0.05) is 0 Å². The van der Waals surface area contributed by atoms with Crippen molar-refractivity contribution in [1.82, 2.24) is 0 Å². The molecule has 0 heterocycles. The van der Waals surface area contributed by atoms with Crippen LogP contribution in [0.25, 0.3) is 0 Å². The Morgan fingerprint density at radius 2 is 0.143 bits per heavy atom. The Bertz CT molecular complexity index is 0. The molecule has 0 aromatic heterocycles. The molecule has 0 aliphatic heterocycles. The first-order valence-electron chi connectivity index (χ1n) is 0. The molecule has 0 saturated carbocycles. The Morgan fingerprint density at radius 3 is 0.143 bits per heavy atom. The number of hydrogen-bond donors (Lipinski definition) is 0. The maximum Gasteiger partial charge on any atom is 0 e. The van der Waals surface area contributed by atoms with Crippen LogP contribution in [0.15, 0.2) is 0 Å². The molecule has 0 unspecified atom stereocenters. The van der Waals surface area contributed by atoms with Crippen LogP contribution in [0.2, 0.25) is 0 Å². The molecule has 0 aliphatic carbocycles. The summed E-state index contributed by atoms with van der Waals surface area (Å²) in [6.07, 6.45) is 0. The third-order valence-electron chi connectivity index (χ3n) is 0. The summed E-state index contributed by atoms with van der Waals surface area (Å²) in [6, 6.07) is 0. The van der Waals surface area contributed by atoms with E-state index < -0.39 is 0 Å². The Balaban J connectivity index is 0. The van der Waals surface area contributed by atoms with Gasteiger partial charge in [-0.25, -0.2) is 0 Å². The van der Waals surface area contributed by atoms with Gasteiger partial charge in [0.2, 0.25) is 0 Å². The molecule has 0 nitrogen and oxygen atoms in total. The summed E-state index contributed by atoms with van der Waals surface area (Å²) in [5.74, 6) is 0. The second kappa shape index (κ2) is 39.9. The average molecular weight is 639 g/mol. The first kappa shape index (κ1) is 51.2. The summed E-state index contributed by atoms with van der Waals surface area (Å²) in [7, 11) is 0. The van der Waals surface area contributed by atoms with Crippen LogP contribution in [-0.4, -0.2) is 0 Å². The van der Waals surface area contributed by atoms with Gasteiger partial charge in [-0.3, -0.25) is 0 Å². The van der Waals surface area contributed by atoms with Gasteiger partial charge in [0.05, 0.1) is 0 Å². The minimum atomic E-state index is 0. The quantitative estimate of drug-likeness (QED) is 0.351. The van der Waals surface area contributed by atoms with Crippen LogP contribution in [0.4, 0.5) is 0 Å². The minimum Gasteiger partial charge on any atom is 0 e. The van der Waals surface area contributed by atoms with Crippen molar-refractivity contribution in [2.75, 3.05) is 0 Å². The first-order chi connectivity index (χ1) is 0. The molecule has 0 radical (unpaired) electrons. The number of hydrogen-bond acceptors (Lipinski definition) is 0. The average Bonchev–Trinajstić information content (AvgIpc) is 0. The van der Waals surface area contributed by atoms with Crippen LogP contribution in [0.5, 0.6) is 0 Å². The van der Waals surface area contributed by atoms with Crippen molar-refractivity contribution in [3.05, 3.63) is 0 Å². The van der Waals surface area contributed by atoms with Crippen molar-refractivity contribution in [2.45, 2.75) is 0 Å². The Hall–Kier alpha value is 6.18. The van der Waals surface area contributed by atoms with Gasteiger partial charge in [-0.15, -0.1) is 0 Å². The summed E-state index contributed by atoms with van der Waals surface area (Å²) in [5, 5.41) is 0. The van der Waals surface area contributed by atoms with E-state index in [0.29, 0.717) is 0 Å². The third kappa shape index (κ3) is 33.0. The van der Waals surface area contributed by atoms with E-state index >= 15 is 0 Å². The van der Waals surface area contributed by atoms with E-state index in [1.807, 2.05) is 0 Å². The van der Waals surface area contributed by atoms with Crippen molar-refractivity contribution in [3.63, 3.8) is 0 Å². The van der Waals surface area contributed by atoms with Crippen LogP contribution < -0.4 is 0 Å². The van der Waals surface area contributed by atoms with E-state index in [2.05, 4.69) is 0 Å². The van der Waals surface area contributed by atoms with Crippen LogP contribution in [0.1, 0.15) is 0 Å². The van der Waals surface area contributed by atoms with Crippen LogP contribution >= 0.6 is 0 Å². The summed E-state index contributed by atoms with van der Waals surface area (Å²) in [5.41, 5.74) is 0. The standard InChI is InChI=1S/7Zr. The Morgan fingerprint density at radius 1 is 0.143 bits per heavy atom.